The molecule has 0 aliphatic carbocycles. The molecule has 6 aromatic rings. The SMILES string of the molecule is C.COC(=O)[C@@H]1CC(=O)CN1C(=O)C(c1ccccc1)c1ccccc1.COC(=O)[C@@H]1C[C@H](N2CCOC[C@@H]2Cc2ccccc2)CN1C(=O)C(c1ccccc1)c1ccccc1.c1ccc(C[C@H]2COCCN2)cc1. The third-order valence-corrected chi connectivity index (χ3v) is 14.3. The molecule has 0 spiro atoms. The van der Waals surface area contributed by atoms with Gasteiger partial charge in [-0.3, -0.25) is 19.3 Å². The zero-order chi connectivity index (χ0) is 52.4. The van der Waals surface area contributed by atoms with E-state index in [0.29, 0.717) is 32.2 Å². The van der Waals surface area contributed by atoms with Gasteiger partial charge in [0.1, 0.15) is 12.1 Å². The van der Waals surface area contributed by atoms with E-state index in [1.165, 1.54) is 30.2 Å². The van der Waals surface area contributed by atoms with Crippen molar-refractivity contribution in [2.45, 2.75) is 75.2 Å². The predicted octanol–water partition coefficient (Wildman–Crippen LogP) is 7.92. The second-order valence-electron chi connectivity index (χ2n) is 19.2. The van der Waals surface area contributed by atoms with Gasteiger partial charge in [-0.2, -0.15) is 0 Å². The average Bonchev–Trinajstić information content (AvgIpc) is 4.11. The van der Waals surface area contributed by atoms with Gasteiger partial charge in [0.15, 0.2) is 5.78 Å². The smallest absolute Gasteiger partial charge is 0.329 e. The number of nitrogens with one attached hydrogen (secondary N) is 1. The number of carbonyl (C=O) groups excluding carboxylic acids is 5. The molecular weight excluding hydrogens is 957 g/mol. The number of morpholine rings is 2. The molecular formula is C63H72N4O9. The van der Waals surface area contributed by atoms with Crippen LogP contribution in [0.5, 0.6) is 0 Å². The summed E-state index contributed by atoms with van der Waals surface area (Å²) in [5, 5.41) is 3.44. The summed E-state index contributed by atoms with van der Waals surface area (Å²) >= 11 is 0. The fourth-order valence-electron chi connectivity index (χ4n) is 10.7. The van der Waals surface area contributed by atoms with E-state index in [9.17, 15) is 24.0 Å². The van der Waals surface area contributed by atoms with Gasteiger partial charge in [0, 0.05) is 44.2 Å². The van der Waals surface area contributed by atoms with Crippen molar-refractivity contribution in [1.29, 1.82) is 0 Å². The normalized spacial score (nSPS) is 20.3. The molecule has 13 nitrogen and oxygen atoms in total. The minimum absolute atomic E-state index is 0. The van der Waals surface area contributed by atoms with Crippen molar-refractivity contribution >= 4 is 29.5 Å². The second-order valence-corrected chi connectivity index (χ2v) is 19.2. The van der Waals surface area contributed by atoms with Gasteiger partial charge in [0.05, 0.1) is 59.0 Å². The molecule has 4 aliphatic rings. The molecule has 4 heterocycles. The van der Waals surface area contributed by atoms with Gasteiger partial charge in [-0.25, -0.2) is 9.59 Å². The Morgan fingerprint density at radius 1 is 0.566 bits per heavy atom. The molecule has 4 fully saturated rings. The van der Waals surface area contributed by atoms with E-state index < -0.39 is 29.9 Å². The van der Waals surface area contributed by atoms with Crippen LogP contribution < -0.4 is 5.32 Å². The first-order chi connectivity index (χ1) is 36.7. The van der Waals surface area contributed by atoms with Gasteiger partial charge in [-0.1, -0.05) is 189 Å². The van der Waals surface area contributed by atoms with E-state index >= 15 is 0 Å². The molecule has 6 aromatic carbocycles. The minimum Gasteiger partial charge on any atom is -0.467 e. The maximum absolute atomic E-state index is 14.3. The summed E-state index contributed by atoms with van der Waals surface area (Å²) in [4.78, 5) is 69.9. The van der Waals surface area contributed by atoms with Crippen LogP contribution in [0.3, 0.4) is 0 Å². The molecule has 0 unspecified atom stereocenters. The first-order valence-electron chi connectivity index (χ1n) is 25.9. The standard InChI is InChI=1S/C31H34N2O4.C20H19NO4.C11H15NO.CH4/c1-36-31(35)28-20-26(32-17-18-37-22-27(32)19-23-11-5-2-6-12-23)21-33(28)30(34)29(24-13-7-3-8-14-24)25-15-9-4-10-16-25;1-25-20(24)17-12-16(22)13-21(17)19(23)18(14-8-4-2-5-9-14)15-10-6-3-7-11-15;1-2-4-10(5-3-1)8-11-9-13-7-6-12-11;/h2-16,26-29H,17-22H2,1H3;2-11,17-18H,12-13H2,1H3;1-5,11-12H,6-9H2;1H4/t26-,27-,28-;17-;11-;/m000./s1. The summed E-state index contributed by atoms with van der Waals surface area (Å²) in [5.74, 6) is -2.44. The van der Waals surface area contributed by atoms with Crippen molar-refractivity contribution in [3.05, 3.63) is 215 Å². The van der Waals surface area contributed by atoms with Crippen LogP contribution in [0.25, 0.3) is 0 Å². The van der Waals surface area contributed by atoms with E-state index in [1.807, 2.05) is 133 Å². The predicted molar refractivity (Wildman–Crippen MR) is 293 cm³/mol. The third kappa shape index (κ3) is 14.8. The topological polar surface area (TPSA) is 144 Å². The highest BCUT2D eigenvalue weighted by molar-refractivity contribution is 6.00. The molecule has 398 valence electrons. The zero-order valence-corrected chi connectivity index (χ0v) is 42.9. The van der Waals surface area contributed by atoms with E-state index in [-0.39, 0.29) is 56.0 Å². The molecule has 13 heteroatoms. The number of benzene rings is 6. The maximum atomic E-state index is 14.3. The van der Waals surface area contributed by atoms with Crippen LogP contribution in [0.4, 0.5) is 0 Å². The lowest BCUT2D eigenvalue weighted by molar-refractivity contribution is -0.151. The number of methoxy groups -OCH3 is 2. The first-order valence-corrected chi connectivity index (χ1v) is 25.9. The average molecular weight is 1030 g/mol. The molecule has 76 heavy (non-hydrogen) atoms. The van der Waals surface area contributed by atoms with Crippen LogP contribution >= 0.6 is 0 Å². The fourth-order valence-corrected chi connectivity index (χ4v) is 10.7. The molecule has 4 aliphatic heterocycles. The van der Waals surface area contributed by atoms with Gasteiger partial charge in [0.2, 0.25) is 11.8 Å². The Labute approximate surface area is 448 Å². The van der Waals surface area contributed by atoms with E-state index in [2.05, 4.69) is 58.7 Å². The first kappa shape index (κ1) is 56.4. The van der Waals surface area contributed by atoms with Crippen LogP contribution in [0.15, 0.2) is 182 Å². The summed E-state index contributed by atoms with van der Waals surface area (Å²) in [6.07, 6.45) is 2.50. The van der Waals surface area contributed by atoms with Crippen molar-refractivity contribution in [1.82, 2.24) is 20.0 Å². The Morgan fingerprint density at radius 3 is 1.46 bits per heavy atom. The highest BCUT2D eigenvalue weighted by Crippen LogP contribution is 2.34. The molecule has 0 radical (unpaired) electrons. The summed E-state index contributed by atoms with van der Waals surface area (Å²) < 4.78 is 21.2. The lowest BCUT2D eigenvalue weighted by Crippen LogP contribution is -2.52. The van der Waals surface area contributed by atoms with Crippen molar-refractivity contribution in [3.63, 3.8) is 0 Å². The molecule has 0 aromatic heterocycles. The third-order valence-electron chi connectivity index (χ3n) is 14.3. The van der Waals surface area contributed by atoms with Gasteiger partial charge < -0.3 is 34.1 Å². The molecule has 0 bridgehead atoms. The van der Waals surface area contributed by atoms with Crippen molar-refractivity contribution in [2.75, 3.05) is 66.8 Å². The Kier molecular flexibility index (Phi) is 21.2. The summed E-state index contributed by atoms with van der Waals surface area (Å²) in [6.45, 7) is 5.17. The van der Waals surface area contributed by atoms with E-state index in [1.54, 1.807) is 4.90 Å². The lowest BCUT2D eigenvalue weighted by atomic mass is 9.90. The number of Topliss-reactive ketones (excluding diaryl/α,β-unsaturated/α-hetero) is 1. The van der Waals surface area contributed by atoms with Crippen LogP contribution in [0, 0.1) is 0 Å². The zero-order valence-electron chi connectivity index (χ0n) is 42.9. The van der Waals surface area contributed by atoms with E-state index in [4.69, 9.17) is 18.9 Å². The maximum Gasteiger partial charge on any atom is 0.329 e. The lowest BCUT2D eigenvalue weighted by Gasteiger charge is -2.39. The van der Waals surface area contributed by atoms with Gasteiger partial charge in [-0.15, -0.1) is 0 Å². The van der Waals surface area contributed by atoms with Gasteiger partial charge in [0.25, 0.3) is 0 Å². The fraction of sp³-hybridized carbons (Fsp3) is 0.349. The van der Waals surface area contributed by atoms with Gasteiger partial charge >= 0.3 is 11.9 Å². The Hall–Kier alpha value is -7.29. The molecule has 4 saturated heterocycles. The number of likely N-dealkylation sites (tertiary alicyclic amines) is 2. The number of nitrogens with zero attached hydrogens (tertiary/aromatic N) is 3. The Morgan fingerprint density at radius 2 is 1.00 bits per heavy atom. The summed E-state index contributed by atoms with van der Waals surface area (Å²) in [5.41, 5.74) is 6.11. The monoisotopic (exact) mass is 1030 g/mol. The number of rotatable bonds is 13. The molecule has 1 N–H and O–H groups in total. The van der Waals surface area contributed by atoms with Crippen LogP contribution in [0.2, 0.25) is 0 Å². The number of ether oxygens (including phenoxy) is 4. The van der Waals surface area contributed by atoms with Crippen LogP contribution in [0.1, 0.15) is 65.5 Å². The molecule has 5 atom stereocenters. The number of hydrogen-bond donors (Lipinski definition) is 1. The summed E-state index contributed by atoms with van der Waals surface area (Å²) in [6, 6.07) is 58.6. The van der Waals surface area contributed by atoms with Crippen molar-refractivity contribution < 1.29 is 42.9 Å². The number of esters is 2. The number of amides is 2. The number of hydrogen-bond acceptors (Lipinski definition) is 11. The van der Waals surface area contributed by atoms with Gasteiger partial charge in [-0.05, 0) is 52.6 Å². The summed E-state index contributed by atoms with van der Waals surface area (Å²) in [7, 11) is 2.66. The largest absolute Gasteiger partial charge is 0.467 e. The molecule has 0 saturated carbocycles. The molecule has 2 amide bonds. The quantitative estimate of drug-likeness (QED) is 0.113. The highest BCUT2D eigenvalue weighted by atomic mass is 16.5. The Bertz CT molecular complexity index is 2650. The molecule has 10 rings (SSSR count). The number of ketones is 1. The van der Waals surface area contributed by atoms with E-state index in [0.717, 1.165) is 61.4 Å². The number of carbonyl (C=O) groups is 5. The van der Waals surface area contributed by atoms with Crippen LogP contribution in [-0.2, 0) is 55.8 Å². The second kappa shape index (κ2) is 28.6. The highest BCUT2D eigenvalue weighted by Gasteiger charge is 2.47. The van der Waals surface area contributed by atoms with Crippen molar-refractivity contribution in [2.24, 2.45) is 0 Å². The van der Waals surface area contributed by atoms with Crippen molar-refractivity contribution in [3.8, 4) is 0 Å². The minimum atomic E-state index is -0.847. The Balaban J connectivity index is 0.000000185. The van der Waals surface area contributed by atoms with Crippen LogP contribution in [-0.4, -0.2) is 141 Å².